The van der Waals surface area contributed by atoms with E-state index in [-0.39, 0.29) is 0 Å². The molecule has 0 radical (unpaired) electrons. The summed E-state index contributed by atoms with van der Waals surface area (Å²) >= 11 is 5.83. The molecule has 0 saturated heterocycles. The van der Waals surface area contributed by atoms with Gasteiger partial charge in [0.15, 0.2) is 5.82 Å². The van der Waals surface area contributed by atoms with Crippen molar-refractivity contribution in [2.75, 3.05) is 11.1 Å². The molecule has 0 fully saturated rings. The maximum absolute atomic E-state index is 5.84. The summed E-state index contributed by atoms with van der Waals surface area (Å²) in [5.74, 6) is 0.877. The van der Waals surface area contributed by atoms with Gasteiger partial charge in [-0.2, -0.15) is 0 Å². The topological polar surface area (TPSA) is 68.8 Å². The van der Waals surface area contributed by atoms with E-state index in [2.05, 4.69) is 15.5 Å². The van der Waals surface area contributed by atoms with E-state index < -0.39 is 0 Å². The summed E-state index contributed by atoms with van der Waals surface area (Å²) in [6.07, 6.45) is 1.71. The molecule has 0 aliphatic rings. The minimum Gasteiger partial charge on any atom is -0.397 e. The number of nitrogens with one attached hydrogen (secondary N) is 1. The first-order valence-electron chi connectivity index (χ1n) is 5.36. The lowest BCUT2D eigenvalue weighted by atomic mass is 10.2. The Labute approximate surface area is 105 Å². The van der Waals surface area contributed by atoms with E-state index in [1.807, 2.05) is 17.6 Å². The maximum atomic E-state index is 5.84. The molecule has 0 unspecified atom stereocenters. The molecule has 1 heterocycles. The molecular formula is C11H14ClN5. The Balaban J connectivity index is 2.07. The summed E-state index contributed by atoms with van der Waals surface area (Å²) in [7, 11) is 0. The Morgan fingerprint density at radius 3 is 3.00 bits per heavy atom. The van der Waals surface area contributed by atoms with Crippen molar-refractivity contribution in [2.45, 2.75) is 20.0 Å². The second-order valence-electron chi connectivity index (χ2n) is 3.62. The molecule has 2 rings (SSSR count). The van der Waals surface area contributed by atoms with Gasteiger partial charge in [0.25, 0.3) is 0 Å². The van der Waals surface area contributed by atoms with Gasteiger partial charge in [0.1, 0.15) is 6.33 Å². The van der Waals surface area contributed by atoms with Crippen LogP contribution in [0.2, 0.25) is 5.02 Å². The van der Waals surface area contributed by atoms with Crippen molar-refractivity contribution in [1.29, 1.82) is 0 Å². The van der Waals surface area contributed by atoms with Gasteiger partial charge in [0, 0.05) is 11.6 Å². The van der Waals surface area contributed by atoms with E-state index in [1.54, 1.807) is 18.5 Å². The standard InChI is InChI=1S/C11H14ClN5/c1-2-17-7-15-16-11(17)6-14-10-4-3-8(12)5-9(10)13/h3-5,7,14H,2,6,13H2,1H3. The number of anilines is 2. The zero-order valence-corrected chi connectivity index (χ0v) is 10.3. The van der Waals surface area contributed by atoms with Gasteiger partial charge in [-0.3, -0.25) is 0 Å². The van der Waals surface area contributed by atoms with E-state index in [4.69, 9.17) is 17.3 Å². The van der Waals surface area contributed by atoms with Crippen molar-refractivity contribution in [3.8, 4) is 0 Å². The average Bonchev–Trinajstić information content (AvgIpc) is 2.75. The molecule has 3 N–H and O–H groups in total. The zero-order valence-electron chi connectivity index (χ0n) is 9.52. The van der Waals surface area contributed by atoms with Crippen LogP contribution in [0.1, 0.15) is 12.7 Å². The molecular weight excluding hydrogens is 238 g/mol. The van der Waals surface area contributed by atoms with E-state index in [1.165, 1.54) is 0 Å². The first kappa shape index (κ1) is 11.7. The van der Waals surface area contributed by atoms with Gasteiger partial charge in [0.2, 0.25) is 0 Å². The quantitative estimate of drug-likeness (QED) is 0.817. The molecule has 2 aromatic rings. The fourth-order valence-corrected chi connectivity index (χ4v) is 1.73. The van der Waals surface area contributed by atoms with Gasteiger partial charge >= 0.3 is 0 Å². The Hall–Kier alpha value is -1.75. The zero-order chi connectivity index (χ0) is 12.3. The lowest BCUT2D eigenvalue weighted by Crippen LogP contribution is -2.08. The van der Waals surface area contributed by atoms with Crippen LogP contribution < -0.4 is 11.1 Å². The highest BCUT2D eigenvalue weighted by atomic mass is 35.5. The van der Waals surface area contributed by atoms with Crippen LogP contribution in [0.3, 0.4) is 0 Å². The molecule has 90 valence electrons. The van der Waals surface area contributed by atoms with Crippen molar-refractivity contribution >= 4 is 23.0 Å². The van der Waals surface area contributed by atoms with Gasteiger partial charge in [-0.25, -0.2) is 0 Å². The van der Waals surface area contributed by atoms with Gasteiger partial charge in [-0.05, 0) is 25.1 Å². The van der Waals surface area contributed by atoms with Crippen LogP contribution in [-0.4, -0.2) is 14.8 Å². The Morgan fingerprint density at radius 1 is 1.47 bits per heavy atom. The summed E-state index contributed by atoms with van der Waals surface area (Å²) in [5, 5.41) is 11.7. The number of halogens is 1. The number of benzene rings is 1. The Kier molecular flexibility index (Phi) is 3.49. The van der Waals surface area contributed by atoms with Crippen LogP contribution in [0.15, 0.2) is 24.5 Å². The van der Waals surface area contributed by atoms with Gasteiger partial charge in [-0.1, -0.05) is 11.6 Å². The smallest absolute Gasteiger partial charge is 0.152 e. The molecule has 17 heavy (non-hydrogen) atoms. The third-order valence-corrected chi connectivity index (χ3v) is 2.72. The third-order valence-electron chi connectivity index (χ3n) is 2.49. The predicted molar refractivity (Wildman–Crippen MR) is 68.9 cm³/mol. The Bertz CT molecular complexity index is 508. The van der Waals surface area contributed by atoms with Crippen molar-refractivity contribution in [3.63, 3.8) is 0 Å². The number of nitrogens with zero attached hydrogens (tertiary/aromatic N) is 3. The minimum atomic E-state index is 0.583. The largest absolute Gasteiger partial charge is 0.397 e. The van der Waals surface area contributed by atoms with Crippen molar-refractivity contribution in [3.05, 3.63) is 35.4 Å². The first-order valence-corrected chi connectivity index (χ1v) is 5.74. The van der Waals surface area contributed by atoms with Crippen LogP contribution in [0.4, 0.5) is 11.4 Å². The average molecular weight is 252 g/mol. The first-order chi connectivity index (χ1) is 8.20. The molecule has 0 saturated carbocycles. The third kappa shape index (κ3) is 2.68. The molecule has 0 amide bonds. The van der Waals surface area contributed by atoms with Crippen LogP contribution in [0.25, 0.3) is 0 Å². The second-order valence-corrected chi connectivity index (χ2v) is 4.05. The van der Waals surface area contributed by atoms with Crippen LogP contribution >= 0.6 is 11.6 Å². The number of aryl methyl sites for hydroxylation is 1. The molecule has 1 aromatic carbocycles. The van der Waals surface area contributed by atoms with E-state index >= 15 is 0 Å². The monoisotopic (exact) mass is 251 g/mol. The minimum absolute atomic E-state index is 0.583. The Morgan fingerprint density at radius 2 is 2.29 bits per heavy atom. The lowest BCUT2D eigenvalue weighted by molar-refractivity contribution is 0.708. The van der Waals surface area contributed by atoms with Crippen molar-refractivity contribution in [2.24, 2.45) is 0 Å². The van der Waals surface area contributed by atoms with Gasteiger partial charge in [0.05, 0.1) is 17.9 Å². The molecule has 0 aliphatic heterocycles. The fourth-order valence-electron chi connectivity index (χ4n) is 1.55. The number of nitrogens with two attached hydrogens (primary N) is 1. The number of rotatable bonds is 4. The summed E-state index contributed by atoms with van der Waals surface area (Å²) in [6, 6.07) is 5.36. The number of hydrogen-bond donors (Lipinski definition) is 2. The lowest BCUT2D eigenvalue weighted by Gasteiger charge is -2.09. The van der Waals surface area contributed by atoms with Crippen molar-refractivity contribution < 1.29 is 0 Å². The van der Waals surface area contributed by atoms with Crippen molar-refractivity contribution in [1.82, 2.24) is 14.8 Å². The van der Waals surface area contributed by atoms with E-state index in [9.17, 15) is 0 Å². The SMILES string of the molecule is CCn1cnnc1CNc1ccc(Cl)cc1N. The maximum Gasteiger partial charge on any atom is 0.152 e. The molecule has 0 spiro atoms. The highest BCUT2D eigenvalue weighted by Gasteiger charge is 2.04. The molecule has 0 aliphatic carbocycles. The second kappa shape index (κ2) is 5.05. The normalized spacial score (nSPS) is 10.5. The summed E-state index contributed by atoms with van der Waals surface area (Å²) in [6.45, 7) is 3.48. The predicted octanol–water partition coefficient (Wildman–Crippen LogP) is 2.15. The molecule has 0 atom stereocenters. The fraction of sp³-hybridized carbons (Fsp3) is 0.273. The van der Waals surface area contributed by atoms with Crippen LogP contribution in [-0.2, 0) is 13.1 Å². The van der Waals surface area contributed by atoms with E-state index in [0.717, 1.165) is 18.1 Å². The van der Waals surface area contributed by atoms with E-state index in [0.29, 0.717) is 17.3 Å². The number of aromatic nitrogens is 3. The highest BCUT2D eigenvalue weighted by Crippen LogP contribution is 2.22. The summed E-state index contributed by atoms with van der Waals surface area (Å²) in [4.78, 5) is 0. The van der Waals surface area contributed by atoms with Crippen LogP contribution in [0, 0.1) is 0 Å². The summed E-state index contributed by atoms with van der Waals surface area (Å²) in [5.41, 5.74) is 7.31. The van der Waals surface area contributed by atoms with Gasteiger partial charge < -0.3 is 15.6 Å². The van der Waals surface area contributed by atoms with Gasteiger partial charge in [-0.15, -0.1) is 10.2 Å². The molecule has 5 nitrogen and oxygen atoms in total. The highest BCUT2D eigenvalue weighted by molar-refractivity contribution is 6.31. The summed E-state index contributed by atoms with van der Waals surface area (Å²) < 4.78 is 1.97. The number of hydrogen-bond acceptors (Lipinski definition) is 4. The van der Waals surface area contributed by atoms with Crippen LogP contribution in [0.5, 0.6) is 0 Å². The number of nitrogen functional groups attached to an aromatic ring is 1. The molecule has 0 bridgehead atoms. The molecule has 6 heteroatoms. The molecule has 1 aromatic heterocycles.